The fourth-order valence-corrected chi connectivity index (χ4v) is 1.26. The molecule has 0 amide bonds. The van der Waals surface area contributed by atoms with Crippen molar-refractivity contribution < 1.29 is 0 Å². The van der Waals surface area contributed by atoms with Crippen LogP contribution in [0.2, 0.25) is 0 Å². The van der Waals surface area contributed by atoms with E-state index in [0.717, 1.165) is 0 Å². The van der Waals surface area contributed by atoms with Crippen LogP contribution in [0.4, 0.5) is 0 Å². The molecule has 0 saturated heterocycles. The molecule has 0 N–H and O–H groups in total. The molecule has 2 heteroatoms. The van der Waals surface area contributed by atoms with Crippen molar-refractivity contribution in [2.75, 3.05) is 0 Å². The lowest BCUT2D eigenvalue weighted by atomic mass is 10.2. The van der Waals surface area contributed by atoms with Crippen molar-refractivity contribution in [1.29, 1.82) is 0 Å². The van der Waals surface area contributed by atoms with Crippen LogP contribution in [-0.4, -0.2) is 4.57 Å². The number of benzene rings is 1. The van der Waals surface area contributed by atoms with Crippen LogP contribution in [0.3, 0.4) is 0 Å². The molecule has 0 fully saturated rings. The first kappa shape index (κ1) is 9.07. The van der Waals surface area contributed by atoms with Gasteiger partial charge in [-0.25, -0.2) is 0 Å². The monoisotopic (exact) mass is 223 g/mol. The Balaban J connectivity index is 0.000000720. The molecule has 1 aromatic heterocycles. The summed E-state index contributed by atoms with van der Waals surface area (Å²) in [5, 5.41) is 1.26. The Kier molecular flexibility index (Phi) is 2.71. The SMILES string of the molecule is Br.C=Cn1ccc2ccccc21. The van der Waals surface area contributed by atoms with Crippen LogP contribution in [0.25, 0.3) is 17.1 Å². The zero-order valence-electron chi connectivity index (χ0n) is 6.60. The molecule has 0 aliphatic carbocycles. The second-order valence-electron chi connectivity index (χ2n) is 2.46. The van der Waals surface area contributed by atoms with Crippen molar-refractivity contribution in [2.24, 2.45) is 0 Å². The second kappa shape index (κ2) is 3.59. The van der Waals surface area contributed by atoms with Crippen molar-refractivity contribution in [3.8, 4) is 0 Å². The van der Waals surface area contributed by atoms with Crippen LogP contribution in [0, 0.1) is 0 Å². The standard InChI is InChI=1S/C10H9N.BrH/c1-2-11-8-7-9-5-3-4-6-10(9)11;/h2-8H,1H2;1H. The highest BCUT2D eigenvalue weighted by Crippen LogP contribution is 2.14. The second-order valence-corrected chi connectivity index (χ2v) is 2.46. The van der Waals surface area contributed by atoms with Gasteiger partial charge in [-0.3, -0.25) is 0 Å². The number of nitrogens with zero attached hydrogens (tertiary/aromatic N) is 1. The lowest BCUT2D eigenvalue weighted by molar-refractivity contribution is 1.23. The highest BCUT2D eigenvalue weighted by molar-refractivity contribution is 8.93. The molecule has 0 aliphatic rings. The van der Waals surface area contributed by atoms with Crippen molar-refractivity contribution >= 4 is 34.1 Å². The average Bonchev–Trinajstić information content (AvgIpc) is 2.47. The molecule has 1 nitrogen and oxygen atoms in total. The van der Waals surface area contributed by atoms with Crippen molar-refractivity contribution in [2.45, 2.75) is 0 Å². The number of para-hydroxylation sites is 1. The van der Waals surface area contributed by atoms with E-state index in [2.05, 4.69) is 24.8 Å². The van der Waals surface area contributed by atoms with Gasteiger partial charge in [0.25, 0.3) is 0 Å². The lowest BCUT2D eigenvalue weighted by Gasteiger charge is -1.94. The minimum absolute atomic E-state index is 0. The van der Waals surface area contributed by atoms with Gasteiger partial charge in [0.1, 0.15) is 0 Å². The fourth-order valence-electron chi connectivity index (χ4n) is 1.26. The quantitative estimate of drug-likeness (QED) is 0.700. The zero-order chi connectivity index (χ0) is 7.68. The summed E-state index contributed by atoms with van der Waals surface area (Å²) >= 11 is 0. The highest BCUT2D eigenvalue weighted by Gasteiger charge is 1.93. The van der Waals surface area contributed by atoms with Gasteiger partial charge in [0.2, 0.25) is 0 Å². The van der Waals surface area contributed by atoms with E-state index in [0.29, 0.717) is 0 Å². The Morgan fingerprint density at radius 2 is 1.92 bits per heavy atom. The highest BCUT2D eigenvalue weighted by atomic mass is 79.9. The Morgan fingerprint density at radius 3 is 2.67 bits per heavy atom. The summed E-state index contributed by atoms with van der Waals surface area (Å²) in [4.78, 5) is 0. The lowest BCUT2D eigenvalue weighted by Crippen LogP contribution is -1.79. The molecule has 0 radical (unpaired) electrons. The van der Waals surface area contributed by atoms with E-state index < -0.39 is 0 Å². The number of aromatic nitrogens is 1. The van der Waals surface area contributed by atoms with Crippen LogP contribution < -0.4 is 0 Å². The maximum absolute atomic E-state index is 3.72. The number of fused-ring (bicyclic) bond motifs is 1. The summed E-state index contributed by atoms with van der Waals surface area (Å²) in [7, 11) is 0. The maximum atomic E-state index is 3.72. The zero-order valence-corrected chi connectivity index (χ0v) is 8.32. The van der Waals surface area contributed by atoms with Gasteiger partial charge in [-0.05, 0) is 17.5 Å². The predicted molar refractivity (Wildman–Crippen MR) is 58.6 cm³/mol. The largest absolute Gasteiger partial charge is 0.324 e. The summed E-state index contributed by atoms with van der Waals surface area (Å²) in [5.41, 5.74) is 1.21. The molecule has 0 unspecified atom stereocenters. The normalized spacial score (nSPS) is 9.33. The third kappa shape index (κ3) is 1.30. The Bertz CT molecular complexity index is 389. The molecule has 0 aliphatic heterocycles. The van der Waals surface area contributed by atoms with Gasteiger partial charge in [-0.15, -0.1) is 17.0 Å². The van der Waals surface area contributed by atoms with Crippen molar-refractivity contribution in [3.05, 3.63) is 43.1 Å². The first-order valence-corrected chi connectivity index (χ1v) is 3.60. The molecular formula is C10H10BrN. The average molecular weight is 224 g/mol. The molecule has 0 saturated carbocycles. The smallest absolute Gasteiger partial charge is 0.0522 e. The molecule has 1 aromatic carbocycles. The Hall–Kier alpha value is -1.02. The van der Waals surface area contributed by atoms with Gasteiger partial charge in [-0.2, -0.15) is 0 Å². The number of hydrogen-bond donors (Lipinski definition) is 0. The molecule has 2 aromatic rings. The van der Waals surface area contributed by atoms with E-state index >= 15 is 0 Å². The van der Waals surface area contributed by atoms with Gasteiger partial charge in [-0.1, -0.05) is 24.8 Å². The maximum Gasteiger partial charge on any atom is 0.0522 e. The van der Waals surface area contributed by atoms with E-state index in [1.54, 1.807) is 0 Å². The van der Waals surface area contributed by atoms with Gasteiger partial charge < -0.3 is 4.57 Å². The third-order valence-corrected chi connectivity index (χ3v) is 1.83. The summed E-state index contributed by atoms with van der Waals surface area (Å²) in [6.45, 7) is 3.72. The van der Waals surface area contributed by atoms with E-state index in [-0.39, 0.29) is 17.0 Å². The van der Waals surface area contributed by atoms with Crippen molar-refractivity contribution in [1.82, 2.24) is 4.57 Å². The summed E-state index contributed by atoms with van der Waals surface area (Å²) in [6.07, 6.45) is 3.82. The minimum Gasteiger partial charge on any atom is -0.324 e. The molecule has 62 valence electrons. The van der Waals surface area contributed by atoms with E-state index in [4.69, 9.17) is 0 Å². The Morgan fingerprint density at radius 1 is 1.17 bits per heavy atom. The first-order valence-electron chi connectivity index (χ1n) is 3.60. The van der Waals surface area contributed by atoms with E-state index in [1.165, 1.54) is 10.9 Å². The van der Waals surface area contributed by atoms with E-state index in [9.17, 15) is 0 Å². The van der Waals surface area contributed by atoms with Crippen LogP contribution in [0.1, 0.15) is 0 Å². The molecule has 0 spiro atoms. The molecule has 12 heavy (non-hydrogen) atoms. The Labute approximate surface area is 82.1 Å². The molecule has 0 bridgehead atoms. The molecule has 2 rings (SSSR count). The fraction of sp³-hybridized carbons (Fsp3) is 0. The van der Waals surface area contributed by atoms with Crippen LogP contribution in [-0.2, 0) is 0 Å². The number of hydrogen-bond acceptors (Lipinski definition) is 0. The topological polar surface area (TPSA) is 4.93 Å². The minimum atomic E-state index is 0. The number of halogens is 1. The van der Waals surface area contributed by atoms with Crippen LogP contribution >= 0.6 is 17.0 Å². The van der Waals surface area contributed by atoms with Crippen LogP contribution in [0.15, 0.2) is 43.1 Å². The summed E-state index contributed by atoms with van der Waals surface area (Å²) in [5.74, 6) is 0. The van der Waals surface area contributed by atoms with Gasteiger partial charge in [0.05, 0.1) is 5.52 Å². The third-order valence-electron chi connectivity index (χ3n) is 1.83. The predicted octanol–water partition coefficient (Wildman–Crippen LogP) is 3.32. The van der Waals surface area contributed by atoms with Crippen LogP contribution in [0.5, 0.6) is 0 Å². The van der Waals surface area contributed by atoms with Gasteiger partial charge >= 0.3 is 0 Å². The van der Waals surface area contributed by atoms with Crippen molar-refractivity contribution in [3.63, 3.8) is 0 Å². The van der Waals surface area contributed by atoms with Gasteiger partial charge in [0.15, 0.2) is 0 Å². The summed E-state index contributed by atoms with van der Waals surface area (Å²) in [6, 6.07) is 10.3. The van der Waals surface area contributed by atoms with E-state index in [1.807, 2.05) is 29.1 Å². The number of rotatable bonds is 1. The molecular weight excluding hydrogens is 214 g/mol. The summed E-state index contributed by atoms with van der Waals surface area (Å²) < 4.78 is 2.01. The first-order chi connectivity index (χ1) is 5.42. The molecule has 1 heterocycles. The molecule has 0 atom stereocenters. The van der Waals surface area contributed by atoms with Gasteiger partial charge in [0, 0.05) is 12.4 Å².